The highest BCUT2D eigenvalue weighted by molar-refractivity contribution is 7.86. The Bertz CT molecular complexity index is 3240. The van der Waals surface area contributed by atoms with Crippen molar-refractivity contribution in [2.75, 3.05) is 48.1 Å². The van der Waals surface area contributed by atoms with Gasteiger partial charge in [-0.25, -0.2) is 12.4 Å². The normalized spacial score (nSPS) is 21.3. The second-order valence-corrected chi connectivity index (χ2v) is 28.1. The Morgan fingerprint density at radius 2 is 1.09 bits per heavy atom. The number of nitrogens with two attached hydrogens (primary N) is 4. The molecule has 25 nitrogen and oxygen atoms in total. The lowest BCUT2D eigenvalue weighted by molar-refractivity contribution is -0.145. The maximum atomic E-state index is 12.2. The molecule has 0 aliphatic heterocycles. The number of nitrogens with zero attached hydrogens (tertiary/aromatic N) is 10. The van der Waals surface area contributed by atoms with Crippen LogP contribution in [-0.2, 0) is 76.7 Å². The molecule has 5 fully saturated rings. The molecule has 486 valence electrons. The van der Waals surface area contributed by atoms with Crippen LogP contribution in [0.25, 0.3) is 4.85 Å². The number of hydrogen-bond donors (Lipinski definition) is 7. The van der Waals surface area contributed by atoms with Crippen LogP contribution in [0.4, 0.5) is 20.5 Å². The van der Waals surface area contributed by atoms with Crippen LogP contribution in [0, 0.1) is 77.1 Å². The number of esters is 1. The zero-order chi connectivity index (χ0) is 65.8. The quantitative estimate of drug-likeness (QED) is 0.00795. The summed E-state index contributed by atoms with van der Waals surface area (Å²) in [6.45, 7) is 17.4. The number of amides is 2. The van der Waals surface area contributed by atoms with E-state index in [4.69, 9.17) is 33.8 Å². The molecule has 11 rings (SSSR count). The fourth-order valence-electron chi connectivity index (χ4n) is 9.28. The molecule has 5 aliphatic rings. The van der Waals surface area contributed by atoms with Gasteiger partial charge in [0.1, 0.15) is 25.8 Å². The highest BCUT2D eigenvalue weighted by atomic mass is 32.2. The van der Waals surface area contributed by atoms with Crippen molar-refractivity contribution in [1.82, 2.24) is 46.2 Å². The number of carbonyl (C=O) groups excluding carboxylic acids is 4. The number of ether oxygens (including phenoxy) is 1. The lowest BCUT2D eigenvalue weighted by Crippen LogP contribution is -2.34. The monoisotopic (exact) mass is 1350 g/mol. The van der Waals surface area contributed by atoms with Crippen LogP contribution < -0.4 is 39.1 Å². The third-order valence-electron chi connectivity index (χ3n) is 14.6. The number of aromatic nitrogens is 8. The molecule has 10 atom stereocenters. The minimum atomic E-state index is -3.21. The number of Topliss-reactive ketones (excluding diaryl/α,β-unsaturated/α-hetero) is 1. The standard InChI is InChI=1S/C25H24N6O2S2.C9H12N6S2.C8H12O3.C7H8N2.C7H14O3S.C2H6.CH5N3S/c32-20(11-16-7-3-1-4-8-16)26-24-30-28-22(34-24)14-18-13-19(18)15-23-29-31-25(35-23)27-21(33)12-17-9-5-2-6-10-17;10-8-14-12-6(16-8)2-4-1-5(4)3-7-13-15-9(11)17-7;1-3-11-8(10)7-4-6(7)5(2)9;1-9-5-7-4-6(7)2-3-8;1-3-6-4-7(6)5-10-11(2,8)9;1-2;2-1(5)4-3/h1-10,18-19H,11-15H2,(H,26,30,32)(H,27,31,33);4-5H,1-3H2,(H2,10,14)(H2,11,15);6-7H,3-4H2,1-2H3;6-7H,2,4-5H2;6-7H,3-5H2,1-2H3;1-2H3;3H2,(H3,2,4,5)/t18-,19-;4-,5-;3*6-,7+;;/m00011../s1. The van der Waals surface area contributed by atoms with Crippen molar-refractivity contribution in [2.45, 2.75) is 118 Å². The summed E-state index contributed by atoms with van der Waals surface area (Å²) in [5.74, 6) is 8.92. The number of ketones is 1. The Labute approximate surface area is 547 Å². The molecule has 0 saturated heterocycles. The van der Waals surface area contributed by atoms with Gasteiger partial charge in [-0.1, -0.05) is 133 Å². The van der Waals surface area contributed by atoms with Gasteiger partial charge in [-0.15, -0.1) is 40.8 Å². The maximum Gasteiger partial charge on any atom is 0.309 e. The highest BCUT2D eigenvalue weighted by Crippen LogP contribution is 2.46. The SMILES string of the molecule is CC.CCOC(=O)[C@@H]1C[C@H]1C(C)=O.CC[C@@H]1C[C@H]1COS(C)(=O)=O.NNC(N)=S.Nc1nnc(C[C@@H]2C[C@H]2Cc2nnc(N)s2)s1.O=C(Cc1ccccc1)Nc1nnc(C[C@@H]2C[C@H]2Cc2nnc(NC(=O)Cc3ccccc3)s2)s1.[C-]#[N+]C[C@@H]1C[C@H]1CC#N. The van der Waals surface area contributed by atoms with Crippen LogP contribution in [0.3, 0.4) is 0 Å². The Balaban J connectivity index is 0.000000222. The van der Waals surface area contributed by atoms with Gasteiger partial charge in [-0.3, -0.25) is 23.4 Å². The number of rotatable bonds is 23. The largest absolute Gasteiger partial charge is 0.466 e. The first-order chi connectivity index (χ1) is 43.1. The molecule has 5 aliphatic carbocycles. The number of carbonyl (C=O) groups is 4. The van der Waals surface area contributed by atoms with E-state index in [0.29, 0.717) is 113 Å². The van der Waals surface area contributed by atoms with Gasteiger partial charge in [0.15, 0.2) is 5.11 Å². The lowest BCUT2D eigenvalue weighted by Gasteiger charge is -2.01. The summed E-state index contributed by atoms with van der Waals surface area (Å²) >= 11 is 10.1. The molecule has 0 bridgehead atoms. The van der Waals surface area contributed by atoms with Crippen molar-refractivity contribution in [3.63, 3.8) is 0 Å². The summed E-state index contributed by atoms with van der Waals surface area (Å²) in [7, 11) is -3.21. The molecule has 0 spiro atoms. The van der Waals surface area contributed by atoms with Gasteiger partial charge in [-0.2, -0.15) is 13.7 Å². The van der Waals surface area contributed by atoms with E-state index in [0.717, 1.165) is 88.8 Å². The predicted octanol–water partition coefficient (Wildman–Crippen LogP) is 8.11. The summed E-state index contributed by atoms with van der Waals surface area (Å²) in [5.41, 5.74) is 19.9. The summed E-state index contributed by atoms with van der Waals surface area (Å²) in [4.78, 5) is 49.4. The summed E-state index contributed by atoms with van der Waals surface area (Å²) in [6.07, 6.45) is 12.4. The third-order valence-corrected chi connectivity index (χ3v) is 18.5. The maximum absolute atomic E-state index is 12.2. The number of anilines is 4. The van der Waals surface area contributed by atoms with Gasteiger partial charge in [-0.05, 0) is 111 Å². The van der Waals surface area contributed by atoms with Crippen molar-refractivity contribution < 1.29 is 36.5 Å². The number of nitriles is 1. The van der Waals surface area contributed by atoms with E-state index in [9.17, 15) is 27.6 Å². The van der Waals surface area contributed by atoms with E-state index in [1.807, 2.05) is 79.9 Å². The molecule has 4 heterocycles. The Morgan fingerprint density at radius 3 is 1.43 bits per heavy atom. The third kappa shape index (κ3) is 28.8. The Kier molecular flexibility index (Phi) is 31.0. The van der Waals surface area contributed by atoms with Crippen molar-refractivity contribution in [2.24, 2.45) is 70.8 Å². The zero-order valence-electron chi connectivity index (χ0n) is 51.4. The van der Waals surface area contributed by atoms with E-state index < -0.39 is 10.1 Å². The van der Waals surface area contributed by atoms with Crippen LogP contribution in [0.15, 0.2) is 60.7 Å². The fraction of sp³-hybridized carbons (Fsp3) is 0.542. The zero-order valence-corrected chi connectivity index (χ0v) is 56.3. The van der Waals surface area contributed by atoms with Crippen LogP contribution in [0.1, 0.15) is 111 Å². The van der Waals surface area contributed by atoms with Crippen molar-refractivity contribution in [3.8, 4) is 6.07 Å². The van der Waals surface area contributed by atoms with E-state index >= 15 is 0 Å². The molecule has 0 unspecified atom stereocenters. The first-order valence-electron chi connectivity index (χ1n) is 29.6. The van der Waals surface area contributed by atoms with Gasteiger partial charge in [0.2, 0.25) is 38.9 Å². The van der Waals surface area contributed by atoms with E-state index in [1.165, 1.54) is 58.7 Å². The fourth-order valence-corrected chi connectivity index (χ4v) is 12.8. The number of nitrogen functional groups attached to an aromatic ring is 2. The number of hydrazine groups is 1. The Morgan fingerprint density at radius 1 is 0.667 bits per heavy atom. The molecule has 0 radical (unpaired) electrons. The van der Waals surface area contributed by atoms with Gasteiger partial charge in [0.25, 0.3) is 10.1 Å². The number of thiocarbonyl (C=S) groups is 1. The molecular formula is C59H81N17O8S6. The molecule has 4 aromatic heterocycles. The Hall–Kier alpha value is -7.10. The lowest BCUT2D eigenvalue weighted by atomic mass is 10.1. The van der Waals surface area contributed by atoms with E-state index in [2.05, 4.69) is 91.5 Å². The average Bonchev–Trinajstić information content (AvgIpc) is 1.80. The van der Waals surface area contributed by atoms with Crippen molar-refractivity contribution in [1.29, 1.82) is 5.26 Å². The minimum Gasteiger partial charge on any atom is -0.466 e. The molecule has 31 heteroatoms. The first-order valence-corrected chi connectivity index (χ1v) is 35.1. The molecule has 5 saturated carbocycles. The van der Waals surface area contributed by atoms with Crippen LogP contribution >= 0.6 is 57.6 Å². The van der Waals surface area contributed by atoms with Crippen LogP contribution in [-0.4, -0.2) is 104 Å². The van der Waals surface area contributed by atoms with E-state index in [-0.39, 0.29) is 40.5 Å². The van der Waals surface area contributed by atoms with Crippen molar-refractivity contribution >= 4 is 117 Å². The van der Waals surface area contributed by atoms with Gasteiger partial charge in [0.05, 0.1) is 44.3 Å². The molecule has 2 amide bonds. The van der Waals surface area contributed by atoms with Crippen molar-refractivity contribution in [3.05, 3.63) is 103 Å². The molecule has 90 heavy (non-hydrogen) atoms. The topological polar surface area (TPSA) is 392 Å². The molecule has 6 aromatic rings. The average molecular weight is 1350 g/mol. The second-order valence-electron chi connectivity index (χ2n) is 21.8. The summed E-state index contributed by atoms with van der Waals surface area (Å²) < 4.78 is 30.5. The number of nitrogens with one attached hydrogen (secondary N) is 3. The predicted molar refractivity (Wildman–Crippen MR) is 354 cm³/mol. The number of hydrogen-bond acceptors (Lipinski definition) is 25. The molecular weight excluding hydrogens is 1270 g/mol. The second kappa shape index (κ2) is 37.9. The van der Waals surface area contributed by atoms with E-state index in [1.54, 1.807) is 6.92 Å². The van der Waals surface area contributed by atoms with Crippen LogP contribution in [0.2, 0.25) is 0 Å². The minimum absolute atomic E-state index is 0.0472. The molecule has 2 aromatic carbocycles. The first kappa shape index (κ1) is 73.6. The van der Waals surface area contributed by atoms with Gasteiger partial charge < -0.3 is 42.8 Å². The van der Waals surface area contributed by atoms with Crippen LogP contribution in [0.5, 0.6) is 0 Å². The summed E-state index contributed by atoms with van der Waals surface area (Å²) in [6, 6.07) is 21.4. The van der Waals surface area contributed by atoms with Gasteiger partial charge >= 0.3 is 5.97 Å². The smallest absolute Gasteiger partial charge is 0.309 e. The summed E-state index contributed by atoms with van der Waals surface area (Å²) in [5, 5.41) is 52.6. The highest BCUT2D eigenvalue weighted by Gasteiger charge is 2.47. The number of benzene rings is 2. The van der Waals surface area contributed by atoms with Gasteiger partial charge in [0, 0.05) is 43.9 Å². The molecule has 11 N–H and O–H groups in total.